The number of halogens is 3. The molecule has 0 radical (unpaired) electrons. The molecule has 0 fully saturated rings. The SMILES string of the molecule is CC(NS(=O)(=O)CCCl)c1cc(F)ccc1F. The first-order valence-electron chi connectivity index (χ1n) is 4.86. The van der Waals surface area contributed by atoms with Crippen molar-refractivity contribution in [2.45, 2.75) is 13.0 Å². The highest BCUT2D eigenvalue weighted by Gasteiger charge is 2.18. The van der Waals surface area contributed by atoms with Crippen LogP contribution < -0.4 is 4.72 Å². The van der Waals surface area contributed by atoms with Gasteiger partial charge in [-0.05, 0) is 25.1 Å². The Morgan fingerprint density at radius 2 is 2.06 bits per heavy atom. The largest absolute Gasteiger partial charge is 0.213 e. The van der Waals surface area contributed by atoms with Crippen molar-refractivity contribution < 1.29 is 17.2 Å². The molecule has 0 aliphatic heterocycles. The van der Waals surface area contributed by atoms with Crippen LogP contribution in [0.2, 0.25) is 0 Å². The van der Waals surface area contributed by atoms with Crippen LogP contribution in [0.3, 0.4) is 0 Å². The Morgan fingerprint density at radius 3 is 2.65 bits per heavy atom. The molecule has 1 rings (SSSR count). The van der Waals surface area contributed by atoms with Crippen LogP contribution in [-0.4, -0.2) is 20.1 Å². The van der Waals surface area contributed by atoms with E-state index in [0.29, 0.717) is 0 Å². The molecule has 1 N–H and O–H groups in total. The van der Waals surface area contributed by atoms with E-state index in [1.165, 1.54) is 6.92 Å². The van der Waals surface area contributed by atoms with Gasteiger partial charge in [0.2, 0.25) is 10.0 Å². The van der Waals surface area contributed by atoms with Crippen LogP contribution in [0, 0.1) is 11.6 Å². The molecular formula is C10H12ClF2NO2S. The topological polar surface area (TPSA) is 46.2 Å². The van der Waals surface area contributed by atoms with Crippen molar-refractivity contribution in [2.75, 3.05) is 11.6 Å². The molecule has 0 saturated heterocycles. The Kier molecular flexibility index (Phi) is 4.85. The van der Waals surface area contributed by atoms with Gasteiger partial charge in [-0.25, -0.2) is 21.9 Å². The molecule has 1 unspecified atom stereocenters. The number of hydrogen-bond acceptors (Lipinski definition) is 2. The molecule has 0 amide bonds. The number of rotatable bonds is 5. The Labute approximate surface area is 104 Å². The average Bonchev–Trinajstić information content (AvgIpc) is 2.20. The summed E-state index contributed by atoms with van der Waals surface area (Å²) in [5.41, 5.74) is -0.0388. The number of hydrogen-bond donors (Lipinski definition) is 1. The van der Waals surface area contributed by atoms with E-state index in [9.17, 15) is 17.2 Å². The standard InChI is InChI=1S/C10H12ClF2NO2S/c1-7(14-17(15,16)5-4-11)9-6-8(12)2-3-10(9)13/h2-3,6-7,14H,4-5H2,1H3. The maximum absolute atomic E-state index is 13.4. The molecule has 0 heterocycles. The van der Waals surface area contributed by atoms with Gasteiger partial charge in [-0.1, -0.05) is 0 Å². The zero-order valence-electron chi connectivity index (χ0n) is 9.08. The normalized spacial score (nSPS) is 13.6. The summed E-state index contributed by atoms with van der Waals surface area (Å²) in [5, 5.41) is 0. The van der Waals surface area contributed by atoms with Crippen molar-refractivity contribution in [1.29, 1.82) is 0 Å². The Bertz CT molecular complexity index is 493. The fourth-order valence-electron chi connectivity index (χ4n) is 1.34. The molecule has 1 aromatic rings. The molecule has 0 aliphatic carbocycles. The summed E-state index contributed by atoms with van der Waals surface area (Å²) in [6.45, 7) is 1.43. The van der Waals surface area contributed by atoms with E-state index in [2.05, 4.69) is 4.72 Å². The first-order chi connectivity index (χ1) is 7.85. The highest BCUT2D eigenvalue weighted by atomic mass is 35.5. The molecule has 1 atom stereocenters. The van der Waals surface area contributed by atoms with Crippen LogP contribution in [0.25, 0.3) is 0 Å². The van der Waals surface area contributed by atoms with Gasteiger partial charge in [0.05, 0.1) is 5.75 Å². The van der Waals surface area contributed by atoms with Gasteiger partial charge in [0.25, 0.3) is 0 Å². The van der Waals surface area contributed by atoms with Crippen LogP contribution in [0.5, 0.6) is 0 Å². The Balaban J connectivity index is 2.90. The predicted octanol–water partition coefficient (Wildman–Crippen LogP) is 2.18. The molecule has 0 spiro atoms. The third kappa shape index (κ3) is 4.22. The van der Waals surface area contributed by atoms with Crippen LogP contribution in [-0.2, 0) is 10.0 Å². The molecule has 96 valence electrons. The third-order valence-electron chi connectivity index (χ3n) is 2.13. The van der Waals surface area contributed by atoms with Crippen LogP contribution in [0.4, 0.5) is 8.78 Å². The highest BCUT2D eigenvalue weighted by Crippen LogP contribution is 2.18. The van der Waals surface area contributed by atoms with Gasteiger partial charge >= 0.3 is 0 Å². The summed E-state index contributed by atoms with van der Waals surface area (Å²) in [7, 11) is -3.58. The Hall–Kier alpha value is -0.720. The molecule has 0 aromatic heterocycles. The smallest absolute Gasteiger partial charge is 0.212 e. The van der Waals surface area contributed by atoms with E-state index in [0.717, 1.165) is 18.2 Å². The van der Waals surface area contributed by atoms with E-state index in [4.69, 9.17) is 11.6 Å². The van der Waals surface area contributed by atoms with Gasteiger partial charge in [0, 0.05) is 17.5 Å². The van der Waals surface area contributed by atoms with Crippen molar-refractivity contribution >= 4 is 21.6 Å². The number of alkyl halides is 1. The molecular weight excluding hydrogens is 272 g/mol. The van der Waals surface area contributed by atoms with Gasteiger partial charge in [-0.2, -0.15) is 0 Å². The summed E-state index contributed by atoms with van der Waals surface area (Å²) >= 11 is 5.32. The quantitative estimate of drug-likeness (QED) is 0.842. The van der Waals surface area contributed by atoms with Crippen molar-refractivity contribution in [1.82, 2.24) is 4.72 Å². The van der Waals surface area contributed by atoms with Crippen molar-refractivity contribution in [2.24, 2.45) is 0 Å². The van der Waals surface area contributed by atoms with E-state index in [-0.39, 0.29) is 17.2 Å². The lowest BCUT2D eigenvalue weighted by Gasteiger charge is -2.14. The van der Waals surface area contributed by atoms with Gasteiger partial charge in [-0.15, -0.1) is 11.6 Å². The lowest BCUT2D eigenvalue weighted by atomic mass is 10.1. The first kappa shape index (κ1) is 14.3. The zero-order valence-corrected chi connectivity index (χ0v) is 10.7. The minimum Gasteiger partial charge on any atom is -0.212 e. The second-order valence-electron chi connectivity index (χ2n) is 3.51. The monoisotopic (exact) mass is 283 g/mol. The molecule has 0 saturated carbocycles. The summed E-state index contributed by atoms with van der Waals surface area (Å²) in [6.07, 6.45) is 0. The zero-order chi connectivity index (χ0) is 13.1. The van der Waals surface area contributed by atoms with Crippen molar-refractivity contribution in [3.63, 3.8) is 0 Å². The van der Waals surface area contributed by atoms with E-state index < -0.39 is 27.7 Å². The fraction of sp³-hybridized carbons (Fsp3) is 0.400. The molecule has 0 aliphatic rings. The second kappa shape index (κ2) is 5.75. The number of benzene rings is 1. The van der Waals surface area contributed by atoms with Gasteiger partial charge < -0.3 is 0 Å². The predicted molar refractivity (Wildman–Crippen MR) is 62.4 cm³/mol. The van der Waals surface area contributed by atoms with Gasteiger partial charge in [-0.3, -0.25) is 0 Å². The summed E-state index contributed by atoms with van der Waals surface area (Å²) in [5.74, 6) is -1.61. The van der Waals surface area contributed by atoms with E-state index in [1.54, 1.807) is 0 Å². The maximum atomic E-state index is 13.4. The average molecular weight is 284 g/mol. The van der Waals surface area contributed by atoms with Gasteiger partial charge in [0.15, 0.2) is 0 Å². The summed E-state index contributed by atoms with van der Waals surface area (Å²) < 4.78 is 51.3. The lowest BCUT2D eigenvalue weighted by Crippen LogP contribution is -2.30. The maximum Gasteiger partial charge on any atom is 0.213 e. The molecule has 17 heavy (non-hydrogen) atoms. The molecule has 1 aromatic carbocycles. The lowest BCUT2D eigenvalue weighted by molar-refractivity contribution is 0.542. The Morgan fingerprint density at radius 1 is 1.41 bits per heavy atom. The van der Waals surface area contributed by atoms with E-state index in [1.807, 2.05) is 0 Å². The third-order valence-corrected chi connectivity index (χ3v) is 3.99. The van der Waals surface area contributed by atoms with Crippen LogP contribution >= 0.6 is 11.6 Å². The number of sulfonamides is 1. The molecule has 0 bridgehead atoms. The van der Waals surface area contributed by atoms with Crippen molar-refractivity contribution in [3.8, 4) is 0 Å². The van der Waals surface area contributed by atoms with Crippen molar-refractivity contribution in [3.05, 3.63) is 35.4 Å². The van der Waals surface area contributed by atoms with Crippen LogP contribution in [0.1, 0.15) is 18.5 Å². The van der Waals surface area contributed by atoms with E-state index >= 15 is 0 Å². The highest BCUT2D eigenvalue weighted by molar-refractivity contribution is 7.89. The molecule has 3 nitrogen and oxygen atoms in total. The minimum atomic E-state index is -3.58. The fourth-order valence-corrected chi connectivity index (χ4v) is 2.94. The molecule has 7 heteroatoms. The second-order valence-corrected chi connectivity index (χ2v) is 5.76. The van der Waals surface area contributed by atoms with Gasteiger partial charge in [0.1, 0.15) is 11.6 Å². The number of nitrogens with one attached hydrogen (secondary N) is 1. The minimum absolute atomic E-state index is 0.0388. The van der Waals surface area contributed by atoms with Crippen LogP contribution in [0.15, 0.2) is 18.2 Å². The first-order valence-corrected chi connectivity index (χ1v) is 7.05. The summed E-state index contributed by atoms with van der Waals surface area (Å²) in [6, 6.07) is 2.04. The summed E-state index contributed by atoms with van der Waals surface area (Å²) in [4.78, 5) is 0.